The number of likely N-dealkylation sites (N-methyl/N-ethyl adjacent to an activating group) is 1. The second kappa shape index (κ2) is 5.27. The van der Waals surface area contributed by atoms with Crippen LogP contribution in [0.25, 0.3) is 0 Å². The normalized spacial score (nSPS) is 11.6. The fourth-order valence-electron chi connectivity index (χ4n) is 1.76. The van der Waals surface area contributed by atoms with Gasteiger partial charge in [0.15, 0.2) is 0 Å². The molecular weight excluding hydrogens is 280 g/mol. The number of aryl methyl sites for hydroxylation is 1. The van der Waals surface area contributed by atoms with Gasteiger partial charge in [0, 0.05) is 23.2 Å². The summed E-state index contributed by atoms with van der Waals surface area (Å²) < 4.78 is 0.965. The molecule has 1 aromatic carbocycles. The van der Waals surface area contributed by atoms with Crippen LogP contribution >= 0.6 is 15.9 Å². The molecule has 0 bridgehead atoms. The zero-order chi connectivity index (χ0) is 13.2. The molecule has 0 heterocycles. The molecule has 3 N–H and O–H groups in total. The van der Waals surface area contributed by atoms with E-state index in [0.29, 0.717) is 6.54 Å². The highest BCUT2D eigenvalue weighted by molar-refractivity contribution is 9.10. The third-order valence-corrected chi connectivity index (χ3v) is 3.27. The molecule has 0 fully saturated rings. The number of halogens is 1. The second-order valence-corrected chi connectivity index (χ2v) is 5.84. The van der Waals surface area contributed by atoms with E-state index in [1.165, 1.54) is 0 Å². The summed E-state index contributed by atoms with van der Waals surface area (Å²) in [6.07, 6.45) is 0. The Balaban J connectivity index is 3.08. The van der Waals surface area contributed by atoms with E-state index in [9.17, 15) is 5.11 Å². The molecule has 0 aliphatic heterocycles. The van der Waals surface area contributed by atoms with Crippen LogP contribution in [0.3, 0.4) is 0 Å². The first-order valence-corrected chi connectivity index (χ1v) is 6.57. The maximum Gasteiger partial charge on any atom is 0.0765 e. The first-order valence-electron chi connectivity index (χ1n) is 5.77. The molecule has 0 aromatic heterocycles. The topological polar surface area (TPSA) is 49.5 Å². The summed E-state index contributed by atoms with van der Waals surface area (Å²) in [7, 11) is 0. The Morgan fingerprint density at radius 2 is 2.00 bits per heavy atom. The molecule has 17 heavy (non-hydrogen) atoms. The standard InChI is InChI=1S/C13H21BrN2O/c1-5-16(8-13(3,4)17)12-6-9(2)11(15)7-10(12)14/h6-7,17H,5,8,15H2,1-4H3. The van der Waals surface area contributed by atoms with Gasteiger partial charge in [-0.05, 0) is 61.3 Å². The minimum atomic E-state index is -0.718. The number of aliphatic hydroxyl groups is 1. The second-order valence-electron chi connectivity index (χ2n) is 4.99. The van der Waals surface area contributed by atoms with E-state index >= 15 is 0 Å². The third kappa shape index (κ3) is 3.89. The molecule has 3 nitrogen and oxygen atoms in total. The van der Waals surface area contributed by atoms with Gasteiger partial charge in [-0.1, -0.05) is 0 Å². The molecule has 0 saturated heterocycles. The van der Waals surface area contributed by atoms with Crippen LogP contribution < -0.4 is 10.6 Å². The van der Waals surface area contributed by atoms with Gasteiger partial charge in [0.2, 0.25) is 0 Å². The van der Waals surface area contributed by atoms with Crippen molar-refractivity contribution in [1.29, 1.82) is 0 Å². The number of hydrogen-bond acceptors (Lipinski definition) is 3. The quantitative estimate of drug-likeness (QED) is 0.841. The fourth-order valence-corrected chi connectivity index (χ4v) is 2.37. The van der Waals surface area contributed by atoms with Gasteiger partial charge >= 0.3 is 0 Å². The summed E-state index contributed by atoms with van der Waals surface area (Å²) in [5, 5.41) is 9.91. The Morgan fingerprint density at radius 3 is 2.47 bits per heavy atom. The molecule has 0 saturated carbocycles. The summed E-state index contributed by atoms with van der Waals surface area (Å²) in [5.74, 6) is 0. The molecule has 0 aliphatic carbocycles. The summed E-state index contributed by atoms with van der Waals surface area (Å²) in [6, 6.07) is 3.96. The number of nitrogens with zero attached hydrogens (tertiary/aromatic N) is 1. The molecule has 0 radical (unpaired) electrons. The highest BCUT2D eigenvalue weighted by atomic mass is 79.9. The Labute approximate surface area is 112 Å². The Kier molecular flexibility index (Phi) is 4.44. The van der Waals surface area contributed by atoms with Gasteiger partial charge in [-0.2, -0.15) is 0 Å². The molecule has 0 amide bonds. The maximum absolute atomic E-state index is 9.91. The summed E-state index contributed by atoms with van der Waals surface area (Å²) >= 11 is 3.53. The summed E-state index contributed by atoms with van der Waals surface area (Å²) in [4.78, 5) is 2.14. The van der Waals surface area contributed by atoms with Gasteiger partial charge in [0.25, 0.3) is 0 Å². The van der Waals surface area contributed by atoms with Crippen molar-refractivity contribution in [3.8, 4) is 0 Å². The van der Waals surface area contributed by atoms with E-state index in [0.717, 1.165) is 28.0 Å². The van der Waals surface area contributed by atoms with E-state index in [-0.39, 0.29) is 0 Å². The molecule has 4 heteroatoms. The molecule has 0 spiro atoms. The van der Waals surface area contributed by atoms with E-state index < -0.39 is 5.60 Å². The predicted octanol–water partition coefficient (Wildman–Crippen LogP) is 2.94. The average molecular weight is 301 g/mol. The van der Waals surface area contributed by atoms with Crippen LogP contribution in [0.2, 0.25) is 0 Å². The molecule has 96 valence electrons. The highest BCUT2D eigenvalue weighted by Gasteiger charge is 2.19. The molecule has 0 aliphatic rings. The lowest BCUT2D eigenvalue weighted by atomic mass is 10.1. The number of rotatable bonds is 4. The van der Waals surface area contributed by atoms with E-state index in [1.807, 2.05) is 26.8 Å². The third-order valence-electron chi connectivity index (χ3n) is 2.64. The van der Waals surface area contributed by atoms with Gasteiger partial charge < -0.3 is 15.7 Å². The Bertz CT molecular complexity index is 399. The molecular formula is C13H21BrN2O. The van der Waals surface area contributed by atoms with Crippen LogP contribution in [0.4, 0.5) is 11.4 Å². The van der Waals surface area contributed by atoms with Gasteiger partial charge in [-0.25, -0.2) is 0 Å². The zero-order valence-corrected chi connectivity index (χ0v) is 12.5. The van der Waals surface area contributed by atoms with Crippen molar-refractivity contribution < 1.29 is 5.11 Å². The number of hydrogen-bond donors (Lipinski definition) is 2. The smallest absolute Gasteiger partial charge is 0.0765 e. The lowest BCUT2D eigenvalue weighted by Crippen LogP contribution is -2.38. The number of anilines is 2. The van der Waals surface area contributed by atoms with Crippen LogP contribution in [0.15, 0.2) is 16.6 Å². The molecule has 1 rings (SSSR count). The van der Waals surface area contributed by atoms with Crippen molar-refractivity contribution in [2.45, 2.75) is 33.3 Å². The van der Waals surface area contributed by atoms with Gasteiger partial charge in [0.05, 0.1) is 11.3 Å². The first-order chi connectivity index (χ1) is 7.74. The fraction of sp³-hybridized carbons (Fsp3) is 0.538. The minimum Gasteiger partial charge on any atom is -0.398 e. The van der Waals surface area contributed by atoms with E-state index in [4.69, 9.17) is 5.73 Å². The van der Waals surface area contributed by atoms with Crippen molar-refractivity contribution in [3.63, 3.8) is 0 Å². The number of nitrogen functional groups attached to an aromatic ring is 1. The number of benzene rings is 1. The molecule has 0 unspecified atom stereocenters. The molecule has 0 atom stereocenters. The highest BCUT2D eigenvalue weighted by Crippen LogP contribution is 2.31. The average Bonchev–Trinajstić information content (AvgIpc) is 2.19. The summed E-state index contributed by atoms with van der Waals surface area (Å²) in [5.41, 5.74) is 8.04. The van der Waals surface area contributed by atoms with Crippen LogP contribution in [0.5, 0.6) is 0 Å². The zero-order valence-electron chi connectivity index (χ0n) is 10.9. The number of nitrogens with two attached hydrogens (primary N) is 1. The van der Waals surface area contributed by atoms with E-state index in [2.05, 4.69) is 33.8 Å². The monoisotopic (exact) mass is 300 g/mol. The van der Waals surface area contributed by atoms with Gasteiger partial charge in [0.1, 0.15) is 0 Å². The van der Waals surface area contributed by atoms with Gasteiger partial charge in [-0.3, -0.25) is 0 Å². The van der Waals surface area contributed by atoms with Gasteiger partial charge in [-0.15, -0.1) is 0 Å². The Hall–Kier alpha value is -0.740. The van der Waals surface area contributed by atoms with Crippen molar-refractivity contribution >= 4 is 27.3 Å². The van der Waals surface area contributed by atoms with Crippen LogP contribution in [0, 0.1) is 6.92 Å². The largest absolute Gasteiger partial charge is 0.398 e. The van der Waals surface area contributed by atoms with E-state index in [1.54, 1.807) is 0 Å². The van der Waals surface area contributed by atoms with Crippen LogP contribution in [-0.2, 0) is 0 Å². The lowest BCUT2D eigenvalue weighted by Gasteiger charge is -2.31. The summed E-state index contributed by atoms with van der Waals surface area (Å²) in [6.45, 7) is 9.12. The lowest BCUT2D eigenvalue weighted by molar-refractivity contribution is 0.0875. The predicted molar refractivity (Wildman–Crippen MR) is 77.5 cm³/mol. The molecule has 1 aromatic rings. The minimum absolute atomic E-state index is 0.589. The van der Waals surface area contributed by atoms with Crippen molar-refractivity contribution in [2.75, 3.05) is 23.7 Å². The Morgan fingerprint density at radius 1 is 1.41 bits per heavy atom. The van der Waals surface area contributed by atoms with Crippen molar-refractivity contribution in [2.24, 2.45) is 0 Å². The van der Waals surface area contributed by atoms with Crippen LogP contribution in [0.1, 0.15) is 26.3 Å². The first kappa shape index (κ1) is 14.3. The van der Waals surface area contributed by atoms with Crippen LogP contribution in [-0.4, -0.2) is 23.8 Å². The van der Waals surface area contributed by atoms with Crippen molar-refractivity contribution in [3.05, 3.63) is 22.2 Å². The maximum atomic E-state index is 9.91. The SMILES string of the molecule is CCN(CC(C)(C)O)c1cc(C)c(N)cc1Br. The van der Waals surface area contributed by atoms with Crippen molar-refractivity contribution in [1.82, 2.24) is 0 Å².